The molecule has 5 aromatic rings. The maximum atomic E-state index is 5.34. The summed E-state index contributed by atoms with van der Waals surface area (Å²) in [6.45, 7) is 0.766. The van der Waals surface area contributed by atoms with Gasteiger partial charge in [0.25, 0.3) is 0 Å². The number of benzene rings is 2. The number of ether oxygens (including phenoxy) is 1. The lowest BCUT2D eigenvalue weighted by Crippen LogP contribution is -2.07. The van der Waals surface area contributed by atoms with Crippen LogP contribution in [0.25, 0.3) is 16.2 Å². The number of methoxy groups -OCH3 is 1. The Bertz CT molecular complexity index is 1440. The third-order valence-corrected chi connectivity index (χ3v) is 6.17. The van der Waals surface area contributed by atoms with Gasteiger partial charge in [-0.1, -0.05) is 42.2 Å². The van der Waals surface area contributed by atoms with E-state index >= 15 is 0 Å². The van der Waals surface area contributed by atoms with E-state index in [1.54, 1.807) is 30.8 Å². The van der Waals surface area contributed by atoms with Gasteiger partial charge in [0, 0.05) is 35.4 Å². The summed E-state index contributed by atoms with van der Waals surface area (Å²) in [5.74, 6) is 8.32. The normalized spacial score (nSPS) is 10.6. The highest BCUT2D eigenvalue weighted by atomic mass is 32.1. The molecule has 0 unspecified atom stereocenters. The summed E-state index contributed by atoms with van der Waals surface area (Å²) in [4.78, 5) is 10.1. The lowest BCUT2D eigenvalue weighted by Gasteiger charge is -2.09. The largest absolute Gasteiger partial charge is 0.497 e. The molecule has 0 saturated heterocycles. The summed E-state index contributed by atoms with van der Waals surface area (Å²) in [5.41, 5.74) is 4.92. The number of anilines is 1. The number of rotatable bonds is 6. The van der Waals surface area contributed by atoms with Gasteiger partial charge in [0.15, 0.2) is 5.65 Å². The molecular formula is C27H22N4OS. The van der Waals surface area contributed by atoms with E-state index in [4.69, 9.17) is 9.72 Å². The number of hydrogen-bond acceptors (Lipinski definition) is 5. The van der Waals surface area contributed by atoms with Gasteiger partial charge < -0.3 is 10.1 Å². The van der Waals surface area contributed by atoms with Gasteiger partial charge in [0.2, 0.25) is 0 Å². The fraction of sp³-hybridized carbons (Fsp3) is 0.111. The summed E-state index contributed by atoms with van der Waals surface area (Å²) in [7, 11) is 1.69. The van der Waals surface area contributed by atoms with Crippen LogP contribution in [0.2, 0.25) is 0 Å². The van der Waals surface area contributed by atoms with Gasteiger partial charge in [-0.15, -0.1) is 11.3 Å². The van der Waals surface area contributed by atoms with E-state index in [0.717, 1.165) is 51.9 Å². The molecule has 1 N–H and O–H groups in total. The fourth-order valence-corrected chi connectivity index (χ4v) is 4.42. The molecule has 5 nitrogen and oxygen atoms in total. The molecule has 0 fully saturated rings. The quantitative estimate of drug-likeness (QED) is 0.346. The molecule has 0 radical (unpaired) electrons. The lowest BCUT2D eigenvalue weighted by atomic mass is 10.1. The molecule has 33 heavy (non-hydrogen) atoms. The van der Waals surface area contributed by atoms with E-state index < -0.39 is 0 Å². The Balaban J connectivity index is 1.40. The highest BCUT2D eigenvalue weighted by molar-refractivity contribution is 7.13. The van der Waals surface area contributed by atoms with E-state index in [0.29, 0.717) is 0 Å². The van der Waals surface area contributed by atoms with Crippen LogP contribution >= 0.6 is 11.3 Å². The van der Waals surface area contributed by atoms with E-state index in [-0.39, 0.29) is 0 Å². The van der Waals surface area contributed by atoms with Crippen LogP contribution in [0, 0.1) is 11.8 Å². The van der Waals surface area contributed by atoms with Gasteiger partial charge in [-0.2, -0.15) is 0 Å². The standard InChI is InChI=1S/C27H22N4OS/c1-32-23-9-5-8-21(16-23)12-13-29-27-26(30-25-18-28-14-15-31(25)27)24-17-22(19-33-24)11-10-20-6-3-2-4-7-20/h2-9,14-19,29H,12-13H2,1H3. The Hall–Kier alpha value is -4.08. The molecule has 0 saturated carbocycles. The molecule has 0 amide bonds. The second-order valence-electron chi connectivity index (χ2n) is 7.46. The van der Waals surface area contributed by atoms with Crippen molar-refractivity contribution in [2.75, 3.05) is 19.0 Å². The average molecular weight is 451 g/mol. The molecule has 0 spiro atoms. The zero-order chi connectivity index (χ0) is 22.5. The molecule has 0 aliphatic heterocycles. The molecule has 3 heterocycles. The minimum absolute atomic E-state index is 0.766. The van der Waals surface area contributed by atoms with Gasteiger partial charge in [0.05, 0.1) is 18.2 Å². The van der Waals surface area contributed by atoms with Crippen molar-refractivity contribution in [1.82, 2.24) is 14.4 Å². The lowest BCUT2D eigenvalue weighted by molar-refractivity contribution is 0.414. The van der Waals surface area contributed by atoms with Crippen LogP contribution in [0.3, 0.4) is 0 Å². The molecule has 2 aromatic carbocycles. The van der Waals surface area contributed by atoms with Gasteiger partial charge >= 0.3 is 0 Å². The number of imidazole rings is 1. The second-order valence-corrected chi connectivity index (χ2v) is 8.37. The van der Waals surface area contributed by atoms with E-state index in [1.807, 2.05) is 53.1 Å². The van der Waals surface area contributed by atoms with Crippen LogP contribution in [-0.2, 0) is 6.42 Å². The molecule has 0 aliphatic rings. The zero-order valence-electron chi connectivity index (χ0n) is 18.2. The number of nitrogens with zero attached hydrogens (tertiary/aromatic N) is 3. The van der Waals surface area contributed by atoms with Gasteiger partial charge in [-0.05, 0) is 42.3 Å². The summed E-state index contributed by atoms with van der Waals surface area (Å²) in [6, 6.07) is 20.3. The van der Waals surface area contributed by atoms with Crippen molar-refractivity contribution in [1.29, 1.82) is 0 Å². The monoisotopic (exact) mass is 450 g/mol. The van der Waals surface area contributed by atoms with Gasteiger partial charge in [0.1, 0.15) is 17.3 Å². The fourth-order valence-electron chi connectivity index (χ4n) is 3.59. The molecule has 162 valence electrons. The first-order valence-electron chi connectivity index (χ1n) is 10.6. The van der Waals surface area contributed by atoms with Crippen LogP contribution < -0.4 is 10.1 Å². The summed E-state index contributed by atoms with van der Waals surface area (Å²) >= 11 is 1.65. The molecule has 5 rings (SSSR count). The van der Waals surface area contributed by atoms with Crippen LogP contribution in [0.1, 0.15) is 16.7 Å². The van der Waals surface area contributed by atoms with Crippen molar-refractivity contribution in [3.8, 4) is 28.2 Å². The number of fused-ring (bicyclic) bond motifs is 1. The summed E-state index contributed by atoms with van der Waals surface area (Å²) in [5, 5.41) is 5.67. The maximum Gasteiger partial charge on any atom is 0.157 e. The van der Waals surface area contributed by atoms with Crippen molar-refractivity contribution in [3.05, 3.63) is 101 Å². The smallest absolute Gasteiger partial charge is 0.157 e. The van der Waals surface area contributed by atoms with E-state index in [2.05, 4.69) is 45.7 Å². The first-order chi connectivity index (χ1) is 16.3. The predicted octanol–water partition coefficient (Wildman–Crippen LogP) is 5.52. The van der Waals surface area contributed by atoms with Crippen molar-refractivity contribution >= 4 is 22.8 Å². The van der Waals surface area contributed by atoms with Crippen molar-refractivity contribution in [2.24, 2.45) is 0 Å². The Morgan fingerprint density at radius 1 is 1.03 bits per heavy atom. The Kier molecular flexibility index (Phi) is 6.05. The van der Waals surface area contributed by atoms with Crippen LogP contribution in [0.5, 0.6) is 5.75 Å². The third kappa shape index (κ3) is 4.74. The van der Waals surface area contributed by atoms with Crippen molar-refractivity contribution in [2.45, 2.75) is 6.42 Å². The highest BCUT2D eigenvalue weighted by Gasteiger charge is 2.15. The molecular weight excluding hydrogens is 428 g/mol. The van der Waals surface area contributed by atoms with Crippen LogP contribution in [-0.4, -0.2) is 28.0 Å². The number of hydrogen-bond donors (Lipinski definition) is 1. The highest BCUT2D eigenvalue weighted by Crippen LogP contribution is 2.33. The molecule has 0 aliphatic carbocycles. The first-order valence-corrected chi connectivity index (χ1v) is 11.5. The van der Waals surface area contributed by atoms with Crippen LogP contribution in [0.4, 0.5) is 5.82 Å². The molecule has 0 atom stereocenters. The van der Waals surface area contributed by atoms with Gasteiger partial charge in [-0.25, -0.2) is 4.98 Å². The number of nitrogens with one attached hydrogen (secondary N) is 1. The maximum absolute atomic E-state index is 5.34. The Labute approximate surface area is 196 Å². The number of thiophene rings is 1. The first kappa shape index (κ1) is 20.8. The minimum Gasteiger partial charge on any atom is -0.497 e. The number of aromatic nitrogens is 3. The predicted molar refractivity (Wildman–Crippen MR) is 134 cm³/mol. The second kappa shape index (κ2) is 9.60. The Morgan fingerprint density at radius 3 is 2.79 bits per heavy atom. The van der Waals surface area contributed by atoms with Crippen molar-refractivity contribution in [3.63, 3.8) is 0 Å². The SMILES string of the molecule is COc1cccc(CCNc2c(-c3cc(C#Cc4ccccc4)cs3)nc3cnccn23)c1. The molecule has 0 bridgehead atoms. The minimum atomic E-state index is 0.766. The summed E-state index contributed by atoms with van der Waals surface area (Å²) in [6.07, 6.45) is 6.36. The third-order valence-electron chi connectivity index (χ3n) is 5.23. The molecule has 3 aromatic heterocycles. The topological polar surface area (TPSA) is 51.5 Å². The van der Waals surface area contributed by atoms with E-state index in [9.17, 15) is 0 Å². The average Bonchev–Trinajstić information content (AvgIpc) is 3.48. The zero-order valence-corrected chi connectivity index (χ0v) is 19.0. The van der Waals surface area contributed by atoms with Crippen molar-refractivity contribution < 1.29 is 4.74 Å². The van der Waals surface area contributed by atoms with Crippen LogP contribution in [0.15, 0.2) is 84.6 Å². The van der Waals surface area contributed by atoms with Gasteiger partial charge in [-0.3, -0.25) is 9.38 Å². The molecule has 6 heteroatoms. The van der Waals surface area contributed by atoms with E-state index in [1.165, 1.54) is 5.56 Å². The summed E-state index contributed by atoms with van der Waals surface area (Å²) < 4.78 is 7.39. The Morgan fingerprint density at radius 2 is 1.91 bits per heavy atom.